The van der Waals surface area contributed by atoms with E-state index in [0.29, 0.717) is 43.9 Å². The number of pyridine rings is 1. The maximum atomic E-state index is 13.4. The average Bonchev–Trinajstić information content (AvgIpc) is 3.49. The lowest BCUT2D eigenvalue weighted by atomic mass is 10.1. The number of phenols is 1. The first-order chi connectivity index (χ1) is 16.0. The van der Waals surface area contributed by atoms with Crippen LogP contribution in [0.4, 0.5) is 0 Å². The van der Waals surface area contributed by atoms with Gasteiger partial charge in [0.2, 0.25) is 0 Å². The number of aromatic nitrogens is 3. The summed E-state index contributed by atoms with van der Waals surface area (Å²) in [7, 11) is 0. The maximum absolute atomic E-state index is 13.4. The molecule has 0 aliphatic carbocycles. The third kappa shape index (κ3) is 4.07. The van der Waals surface area contributed by atoms with Gasteiger partial charge in [0.05, 0.1) is 29.3 Å². The summed E-state index contributed by atoms with van der Waals surface area (Å²) in [6.07, 6.45) is 1.71. The van der Waals surface area contributed by atoms with Crippen LogP contribution in [-0.2, 0) is 6.54 Å². The van der Waals surface area contributed by atoms with E-state index < -0.39 is 0 Å². The molecule has 33 heavy (non-hydrogen) atoms. The molecule has 4 aromatic rings. The van der Waals surface area contributed by atoms with E-state index in [9.17, 15) is 14.7 Å². The van der Waals surface area contributed by atoms with Crippen molar-refractivity contribution in [3.63, 3.8) is 0 Å². The van der Waals surface area contributed by atoms with Crippen molar-refractivity contribution in [2.45, 2.75) is 13.5 Å². The number of nitrogens with zero attached hydrogens (tertiary/aromatic N) is 5. The van der Waals surface area contributed by atoms with Crippen molar-refractivity contribution in [1.82, 2.24) is 24.6 Å². The lowest BCUT2D eigenvalue weighted by Gasteiger charge is -2.35. The number of hydrogen-bond acceptors (Lipinski definition) is 6. The second-order valence-corrected chi connectivity index (χ2v) is 9.06. The summed E-state index contributed by atoms with van der Waals surface area (Å²) < 4.78 is 1.83. The highest BCUT2D eigenvalue weighted by Crippen LogP contribution is 2.23. The number of aryl methyl sites for hydroxylation is 1. The first kappa shape index (κ1) is 21.1. The number of piperazine rings is 1. The number of aromatic hydroxyl groups is 1. The molecule has 8 nitrogen and oxygen atoms in total. The lowest BCUT2D eigenvalue weighted by molar-refractivity contribution is 0.0534. The molecule has 1 aliphatic heterocycles. The van der Waals surface area contributed by atoms with Crippen molar-refractivity contribution in [2.75, 3.05) is 26.2 Å². The standard InChI is InChI=1S/C24H23N5O3S/c1-16-13-19(20-14-25-29(22(20)26-16)15-17-5-4-12-33-17)24(32)28-10-8-27(9-11-28)23(31)18-6-2-3-7-21(18)30/h2-7,12-14,30H,8-11,15H2,1H3. The molecule has 1 fully saturated rings. The largest absolute Gasteiger partial charge is 0.507 e. The molecule has 1 aromatic carbocycles. The molecule has 168 valence electrons. The zero-order valence-corrected chi connectivity index (χ0v) is 19.0. The van der Waals surface area contributed by atoms with Crippen molar-refractivity contribution in [1.29, 1.82) is 0 Å². The van der Waals surface area contributed by atoms with E-state index in [0.717, 1.165) is 11.1 Å². The summed E-state index contributed by atoms with van der Waals surface area (Å²) in [6.45, 7) is 4.14. The van der Waals surface area contributed by atoms with E-state index in [-0.39, 0.29) is 23.1 Å². The van der Waals surface area contributed by atoms with E-state index in [4.69, 9.17) is 0 Å². The Bertz CT molecular complexity index is 1320. The topological polar surface area (TPSA) is 91.6 Å². The van der Waals surface area contributed by atoms with E-state index in [1.807, 2.05) is 23.1 Å². The summed E-state index contributed by atoms with van der Waals surface area (Å²) in [4.78, 5) is 35.4. The quantitative estimate of drug-likeness (QED) is 0.504. The molecule has 0 atom stereocenters. The number of phenolic OH excluding ortho intramolecular Hbond substituents is 1. The van der Waals surface area contributed by atoms with Crippen LogP contribution in [-0.4, -0.2) is 67.7 Å². The van der Waals surface area contributed by atoms with Gasteiger partial charge < -0.3 is 14.9 Å². The zero-order chi connectivity index (χ0) is 22.9. The van der Waals surface area contributed by atoms with Crippen LogP contribution >= 0.6 is 11.3 Å². The lowest BCUT2D eigenvalue weighted by Crippen LogP contribution is -2.50. The van der Waals surface area contributed by atoms with Gasteiger partial charge in [0, 0.05) is 36.8 Å². The van der Waals surface area contributed by atoms with Crippen LogP contribution < -0.4 is 0 Å². The van der Waals surface area contributed by atoms with Gasteiger partial charge in [-0.15, -0.1) is 11.3 Å². The van der Waals surface area contributed by atoms with Gasteiger partial charge in [-0.25, -0.2) is 9.67 Å². The fraction of sp³-hybridized carbons (Fsp3) is 0.250. The van der Waals surface area contributed by atoms with Gasteiger partial charge in [-0.05, 0) is 36.6 Å². The van der Waals surface area contributed by atoms with E-state index in [1.54, 1.807) is 51.6 Å². The monoisotopic (exact) mass is 461 g/mol. The Kier molecular flexibility index (Phi) is 5.55. The van der Waals surface area contributed by atoms with Crippen LogP contribution in [0.2, 0.25) is 0 Å². The highest BCUT2D eigenvalue weighted by atomic mass is 32.1. The molecular formula is C24H23N5O3S. The fourth-order valence-corrected chi connectivity index (χ4v) is 4.81. The summed E-state index contributed by atoms with van der Waals surface area (Å²) in [5.74, 6) is -0.344. The molecule has 0 bridgehead atoms. The smallest absolute Gasteiger partial charge is 0.257 e. The fourth-order valence-electron chi connectivity index (χ4n) is 4.12. The highest BCUT2D eigenvalue weighted by molar-refractivity contribution is 7.09. The van der Waals surface area contributed by atoms with Crippen LogP contribution in [0.3, 0.4) is 0 Å². The van der Waals surface area contributed by atoms with Gasteiger partial charge in [0.15, 0.2) is 5.65 Å². The first-order valence-electron chi connectivity index (χ1n) is 10.7. The molecule has 1 N–H and O–H groups in total. The minimum atomic E-state index is -0.225. The Morgan fingerprint density at radius 1 is 1.00 bits per heavy atom. The number of carbonyl (C=O) groups is 2. The number of carbonyl (C=O) groups excluding carboxylic acids is 2. The third-order valence-corrected chi connectivity index (χ3v) is 6.70. The predicted molar refractivity (Wildman–Crippen MR) is 126 cm³/mol. The molecule has 0 unspecified atom stereocenters. The van der Waals surface area contributed by atoms with Gasteiger partial charge in [0.25, 0.3) is 11.8 Å². The van der Waals surface area contributed by atoms with E-state index in [2.05, 4.69) is 16.1 Å². The van der Waals surface area contributed by atoms with Gasteiger partial charge in [0.1, 0.15) is 5.75 Å². The van der Waals surface area contributed by atoms with Crippen molar-refractivity contribution in [2.24, 2.45) is 0 Å². The zero-order valence-electron chi connectivity index (χ0n) is 18.1. The van der Waals surface area contributed by atoms with Gasteiger partial charge in [-0.2, -0.15) is 5.10 Å². The van der Waals surface area contributed by atoms with Crippen molar-refractivity contribution in [3.8, 4) is 5.75 Å². The second-order valence-electron chi connectivity index (χ2n) is 8.03. The summed E-state index contributed by atoms with van der Waals surface area (Å²) in [5, 5.41) is 17.2. The van der Waals surface area contributed by atoms with E-state index >= 15 is 0 Å². The van der Waals surface area contributed by atoms with Crippen LogP contribution in [0.1, 0.15) is 31.3 Å². The number of thiophene rings is 1. The number of benzene rings is 1. The molecular weight excluding hydrogens is 438 g/mol. The summed E-state index contributed by atoms with van der Waals surface area (Å²) >= 11 is 1.66. The summed E-state index contributed by atoms with van der Waals surface area (Å²) in [6, 6.07) is 12.4. The molecule has 0 radical (unpaired) electrons. The molecule has 5 rings (SSSR count). The maximum Gasteiger partial charge on any atom is 0.257 e. The molecule has 2 amide bonds. The molecule has 4 heterocycles. The van der Waals surface area contributed by atoms with Crippen molar-refractivity contribution >= 4 is 34.2 Å². The van der Waals surface area contributed by atoms with Gasteiger partial charge >= 0.3 is 0 Å². The third-order valence-electron chi connectivity index (χ3n) is 5.84. The Hall–Kier alpha value is -3.72. The predicted octanol–water partition coefficient (Wildman–Crippen LogP) is 3.15. The average molecular weight is 462 g/mol. The SMILES string of the molecule is Cc1cc(C(=O)N2CCN(C(=O)c3ccccc3O)CC2)c2cnn(Cc3cccs3)c2n1. The first-order valence-corrected chi connectivity index (χ1v) is 11.6. The number of hydrogen-bond donors (Lipinski definition) is 1. The minimum Gasteiger partial charge on any atom is -0.507 e. The Morgan fingerprint density at radius 3 is 2.36 bits per heavy atom. The number of fused-ring (bicyclic) bond motifs is 1. The van der Waals surface area contributed by atoms with E-state index in [1.165, 1.54) is 10.9 Å². The van der Waals surface area contributed by atoms with Crippen molar-refractivity contribution in [3.05, 3.63) is 75.7 Å². The summed E-state index contributed by atoms with van der Waals surface area (Å²) in [5.41, 5.74) is 2.31. The number of para-hydroxylation sites is 1. The second kappa shape index (κ2) is 8.67. The molecule has 9 heteroatoms. The molecule has 3 aromatic heterocycles. The van der Waals surface area contributed by atoms with Gasteiger partial charge in [-0.1, -0.05) is 18.2 Å². The Balaban J connectivity index is 1.34. The van der Waals surface area contributed by atoms with Crippen LogP contribution in [0.5, 0.6) is 5.75 Å². The normalized spacial score (nSPS) is 14.1. The Labute approximate surface area is 194 Å². The number of rotatable bonds is 4. The van der Waals surface area contributed by atoms with Crippen LogP contribution in [0, 0.1) is 6.92 Å². The Morgan fingerprint density at radius 2 is 1.70 bits per heavy atom. The highest BCUT2D eigenvalue weighted by Gasteiger charge is 2.28. The molecule has 0 saturated carbocycles. The van der Waals surface area contributed by atoms with Crippen LogP contribution in [0.25, 0.3) is 11.0 Å². The minimum absolute atomic E-state index is 0.0322. The van der Waals surface area contributed by atoms with Gasteiger partial charge in [-0.3, -0.25) is 9.59 Å². The number of amides is 2. The molecule has 1 aliphatic rings. The van der Waals surface area contributed by atoms with Crippen molar-refractivity contribution < 1.29 is 14.7 Å². The molecule has 0 spiro atoms. The molecule has 1 saturated heterocycles. The van der Waals surface area contributed by atoms with Crippen LogP contribution in [0.15, 0.2) is 54.0 Å².